The summed E-state index contributed by atoms with van der Waals surface area (Å²) in [5, 5.41) is 6.98. The Morgan fingerprint density at radius 2 is 1.89 bits per heavy atom. The highest BCUT2D eigenvalue weighted by Crippen LogP contribution is 2.28. The zero-order chi connectivity index (χ0) is 19.0. The quantitative estimate of drug-likeness (QED) is 0.841. The van der Waals surface area contributed by atoms with Gasteiger partial charge in [0.2, 0.25) is 5.91 Å². The van der Waals surface area contributed by atoms with Crippen molar-refractivity contribution in [1.82, 2.24) is 24.6 Å². The molecule has 1 atom stereocenters. The van der Waals surface area contributed by atoms with Gasteiger partial charge in [-0.05, 0) is 25.0 Å². The number of likely N-dealkylation sites (tertiary alicyclic amines) is 1. The van der Waals surface area contributed by atoms with Gasteiger partial charge in [0.25, 0.3) is 0 Å². The molecule has 27 heavy (non-hydrogen) atoms. The molecule has 2 saturated heterocycles. The van der Waals surface area contributed by atoms with Gasteiger partial charge >= 0.3 is 11.8 Å². The van der Waals surface area contributed by atoms with Crippen molar-refractivity contribution in [2.75, 3.05) is 19.7 Å². The zero-order valence-electron chi connectivity index (χ0n) is 15.0. The van der Waals surface area contributed by atoms with E-state index in [-0.39, 0.29) is 24.1 Å². The van der Waals surface area contributed by atoms with Crippen LogP contribution < -0.4 is 11.0 Å². The summed E-state index contributed by atoms with van der Waals surface area (Å²) in [4.78, 5) is 37.9. The molecule has 2 aliphatic rings. The summed E-state index contributed by atoms with van der Waals surface area (Å²) in [6.45, 7) is 1.18. The van der Waals surface area contributed by atoms with Crippen LogP contribution in [0, 0.1) is 0 Å². The minimum absolute atomic E-state index is 0.0748. The molecular weight excluding hydrogens is 350 g/mol. The van der Waals surface area contributed by atoms with Crippen LogP contribution in [0.25, 0.3) is 5.69 Å². The van der Waals surface area contributed by atoms with Crippen LogP contribution in [-0.4, -0.2) is 57.0 Å². The summed E-state index contributed by atoms with van der Waals surface area (Å²) in [5.74, 6) is 0.677. The lowest BCUT2D eigenvalue weighted by Gasteiger charge is -2.32. The van der Waals surface area contributed by atoms with E-state index in [0.29, 0.717) is 25.9 Å². The van der Waals surface area contributed by atoms with E-state index in [1.54, 1.807) is 16.5 Å². The molecule has 0 bridgehead atoms. The van der Waals surface area contributed by atoms with E-state index in [4.69, 9.17) is 4.74 Å². The molecule has 2 amide bonds. The molecule has 1 N–H and O–H groups in total. The maximum Gasteiger partial charge on any atom is 0.407 e. The Kier molecular flexibility index (Phi) is 4.43. The van der Waals surface area contributed by atoms with Crippen LogP contribution in [0.3, 0.4) is 0 Å². The largest absolute Gasteiger partial charge is 0.447 e. The Morgan fingerprint density at radius 3 is 2.52 bits per heavy atom. The molecule has 0 radical (unpaired) electrons. The molecule has 9 heteroatoms. The number of aryl methyl sites for hydroxylation is 1. The molecule has 3 heterocycles. The SMILES string of the molecule is Cn1nc(C2CCN(C(=O)[C@H]3COC(=O)N3)CC2)n(-c2ccccc2)c1=O. The fraction of sp³-hybridized carbons (Fsp3) is 0.444. The number of amides is 2. The van der Waals surface area contributed by atoms with Gasteiger partial charge in [-0.3, -0.25) is 4.79 Å². The van der Waals surface area contributed by atoms with Gasteiger partial charge in [-0.15, -0.1) is 0 Å². The minimum atomic E-state index is -0.605. The number of hydrogen-bond acceptors (Lipinski definition) is 5. The first kappa shape index (κ1) is 17.3. The summed E-state index contributed by atoms with van der Waals surface area (Å²) in [5.41, 5.74) is 0.607. The van der Waals surface area contributed by atoms with Crippen LogP contribution in [0.15, 0.2) is 35.1 Å². The molecule has 142 valence electrons. The predicted molar refractivity (Wildman–Crippen MR) is 95.6 cm³/mol. The third-order valence-corrected chi connectivity index (χ3v) is 5.11. The van der Waals surface area contributed by atoms with E-state index in [0.717, 1.165) is 11.5 Å². The van der Waals surface area contributed by atoms with Crippen LogP contribution in [0.1, 0.15) is 24.6 Å². The number of rotatable bonds is 3. The van der Waals surface area contributed by atoms with Gasteiger partial charge in [-0.25, -0.2) is 18.8 Å². The van der Waals surface area contributed by atoms with E-state index in [2.05, 4.69) is 10.4 Å². The molecule has 2 fully saturated rings. The third-order valence-electron chi connectivity index (χ3n) is 5.11. The molecule has 0 saturated carbocycles. The summed E-state index contributed by atoms with van der Waals surface area (Å²) in [7, 11) is 1.65. The van der Waals surface area contributed by atoms with E-state index in [1.165, 1.54) is 4.68 Å². The van der Waals surface area contributed by atoms with Gasteiger partial charge < -0.3 is 15.0 Å². The number of nitrogens with one attached hydrogen (secondary N) is 1. The van der Waals surface area contributed by atoms with Crippen molar-refractivity contribution < 1.29 is 14.3 Å². The molecule has 4 rings (SSSR count). The van der Waals surface area contributed by atoms with Crippen molar-refractivity contribution in [3.05, 3.63) is 46.6 Å². The number of nitrogens with zero attached hydrogens (tertiary/aromatic N) is 4. The minimum Gasteiger partial charge on any atom is -0.447 e. The number of carbonyl (C=O) groups excluding carboxylic acids is 2. The first-order valence-electron chi connectivity index (χ1n) is 8.98. The van der Waals surface area contributed by atoms with Crippen molar-refractivity contribution in [2.45, 2.75) is 24.8 Å². The van der Waals surface area contributed by atoms with Crippen molar-refractivity contribution >= 4 is 12.0 Å². The number of piperidine rings is 1. The number of para-hydroxylation sites is 1. The molecular formula is C18H21N5O4. The maximum absolute atomic E-state index is 12.6. The molecule has 0 spiro atoms. The maximum atomic E-state index is 12.6. The standard InChI is InChI=1S/C18H21N5O4/c1-21-18(26)23(13-5-3-2-4-6-13)15(20-21)12-7-9-22(10-8-12)16(24)14-11-27-17(25)19-14/h2-6,12,14H,7-11H2,1H3,(H,19,25)/t14-/m1/s1. The lowest BCUT2D eigenvalue weighted by molar-refractivity contribution is -0.134. The Bertz CT molecular complexity index is 912. The highest BCUT2D eigenvalue weighted by atomic mass is 16.6. The van der Waals surface area contributed by atoms with Crippen molar-refractivity contribution in [3.63, 3.8) is 0 Å². The van der Waals surface area contributed by atoms with Gasteiger partial charge in [0.1, 0.15) is 18.5 Å². The second-order valence-corrected chi connectivity index (χ2v) is 6.83. The van der Waals surface area contributed by atoms with E-state index in [1.807, 2.05) is 30.3 Å². The highest BCUT2D eigenvalue weighted by Gasteiger charge is 2.35. The first-order valence-corrected chi connectivity index (χ1v) is 8.98. The average Bonchev–Trinajstić information content (AvgIpc) is 3.26. The van der Waals surface area contributed by atoms with Crippen LogP contribution in [0.2, 0.25) is 0 Å². The molecule has 1 aromatic carbocycles. The van der Waals surface area contributed by atoms with Crippen LogP contribution in [-0.2, 0) is 16.6 Å². The molecule has 0 unspecified atom stereocenters. The first-order chi connectivity index (χ1) is 13.0. The van der Waals surface area contributed by atoms with Crippen LogP contribution in [0.5, 0.6) is 0 Å². The zero-order valence-corrected chi connectivity index (χ0v) is 15.0. The topological polar surface area (TPSA) is 98.5 Å². The van der Waals surface area contributed by atoms with Gasteiger partial charge in [-0.2, -0.15) is 5.10 Å². The number of carbonyl (C=O) groups is 2. The number of alkyl carbamates (subject to hydrolysis) is 1. The number of ether oxygens (including phenoxy) is 1. The molecule has 0 aliphatic carbocycles. The summed E-state index contributed by atoms with van der Waals surface area (Å²) >= 11 is 0. The summed E-state index contributed by atoms with van der Waals surface area (Å²) in [6, 6.07) is 8.84. The molecule has 9 nitrogen and oxygen atoms in total. The fourth-order valence-electron chi connectivity index (χ4n) is 3.66. The van der Waals surface area contributed by atoms with E-state index >= 15 is 0 Å². The molecule has 1 aromatic heterocycles. The Labute approximate surface area is 155 Å². The normalized spacial score (nSPS) is 20.4. The van der Waals surface area contributed by atoms with Gasteiger partial charge in [0.05, 0.1) is 5.69 Å². The molecule has 2 aliphatic heterocycles. The van der Waals surface area contributed by atoms with Crippen LogP contribution >= 0.6 is 0 Å². The number of cyclic esters (lactones) is 1. The van der Waals surface area contributed by atoms with Crippen molar-refractivity contribution in [1.29, 1.82) is 0 Å². The van der Waals surface area contributed by atoms with Gasteiger partial charge in [0, 0.05) is 26.1 Å². The van der Waals surface area contributed by atoms with E-state index < -0.39 is 12.1 Å². The summed E-state index contributed by atoms with van der Waals surface area (Å²) in [6.07, 6.45) is 0.858. The lowest BCUT2D eigenvalue weighted by Crippen LogP contribution is -2.48. The lowest BCUT2D eigenvalue weighted by atomic mass is 9.95. The van der Waals surface area contributed by atoms with Crippen molar-refractivity contribution in [3.8, 4) is 5.69 Å². The average molecular weight is 371 g/mol. The fourth-order valence-corrected chi connectivity index (χ4v) is 3.66. The number of hydrogen-bond donors (Lipinski definition) is 1. The Hall–Kier alpha value is -3.10. The van der Waals surface area contributed by atoms with E-state index in [9.17, 15) is 14.4 Å². The second-order valence-electron chi connectivity index (χ2n) is 6.83. The Balaban J connectivity index is 1.51. The smallest absolute Gasteiger partial charge is 0.407 e. The molecule has 2 aromatic rings. The van der Waals surface area contributed by atoms with Crippen molar-refractivity contribution in [2.24, 2.45) is 7.05 Å². The highest BCUT2D eigenvalue weighted by molar-refractivity contribution is 5.87. The monoisotopic (exact) mass is 371 g/mol. The summed E-state index contributed by atoms with van der Waals surface area (Å²) < 4.78 is 7.80. The number of benzene rings is 1. The van der Waals surface area contributed by atoms with Crippen LogP contribution in [0.4, 0.5) is 4.79 Å². The Morgan fingerprint density at radius 1 is 1.19 bits per heavy atom. The van der Waals surface area contributed by atoms with Gasteiger partial charge in [0.15, 0.2) is 0 Å². The second kappa shape index (κ2) is 6.90. The van der Waals surface area contributed by atoms with Gasteiger partial charge in [-0.1, -0.05) is 18.2 Å². The predicted octanol–water partition coefficient (Wildman–Crippen LogP) is 0.385. The third kappa shape index (κ3) is 3.20. The number of aromatic nitrogens is 3.